The Bertz CT molecular complexity index is 3050. The molecule has 0 N–H and O–H groups in total. The molecule has 1 nitrogen and oxygen atoms in total. The number of benzene rings is 9. The third kappa shape index (κ3) is 3.79. The second kappa shape index (κ2) is 11.3. The normalized spacial score (nSPS) is 14.9. The average Bonchev–Trinajstić information content (AvgIpc) is 3.87. The first kappa shape index (κ1) is 31.2. The number of anilines is 3. The van der Waals surface area contributed by atoms with Gasteiger partial charge in [-0.25, -0.2) is 0 Å². The van der Waals surface area contributed by atoms with E-state index in [1.807, 2.05) is 0 Å². The fourth-order valence-electron chi connectivity index (χ4n) is 11.4. The Kier molecular flexibility index (Phi) is 6.18. The van der Waals surface area contributed by atoms with Crippen LogP contribution < -0.4 is 25.6 Å². The summed E-state index contributed by atoms with van der Waals surface area (Å²) < 4.78 is 0. The maximum Gasteiger partial charge on any atom is 0.182 e. The van der Waals surface area contributed by atoms with Crippen LogP contribution in [-0.4, -0.2) is 8.07 Å². The first-order chi connectivity index (χ1) is 28.3. The van der Waals surface area contributed by atoms with Crippen molar-refractivity contribution in [2.45, 2.75) is 5.41 Å². The van der Waals surface area contributed by atoms with Crippen molar-refractivity contribution in [1.82, 2.24) is 0 Å². The molecule has 3 aliphatic heterocycles. The quantitative estimate of drug-likeness (QED) is 0.160. The van der Waals surface area contributed by atoms with Gasteiger partial charge in [0.05, 0.1) is 16.8 Å². The topological polar surface area (TPSA) is 3.24 Å². The lowest BCUT2D eigenvalue weighted by Gasteiger charge is -2.45. The van der Waals surface area contributed by atoms with E-state index >= 15 is 0 Å². The smallest absolute Gasteiger partial charge is 0.182 e. The molecule has 2 spiro atoms. The number of rotatable bonds is 2. The summed E-state index contributed by atoms with van der Waals surface area (Å²) in [6.07, 6.45) is 0. The highest BCUT2D eigenvalue weighted by atomic mass is 28.3. The minimum Gasteiger partial charge on any atom is -0.310 e. The SMILES string of the molecule is c1ccc(-c2ccc3c(c2)N(c2ccc4c(c2)[Si]2(c5ccccc5-c5ccccc52)c2ccccc2-4)c2ccccc2C32c3ccccc3-c3ccccc32)cc1. The molecule has 9 aromatic carbocycles. The van der Waals surface area contributed by atoms with E-state index in [0.717, 1.165) is 0 Å². The van der Waals surface area contributed by atoms with Crippen molar-refractivity contribution < 1.29 is 0 Å². The van der Waals surface area contributed by atoms with E-state index in [-0.39, 0.29) is 0 Å². The molecule has 0 bridgehead atoms. The molecule has 0 saturated heterocycles. The summed E-state index contributed by atoms with van der Waals surface area (Å²) in [6, 6.07) is 80.6. The van der Waals surface area contributed by atoms with E-state index in [1.54, 1.807) is 0 Å². The Morgan fingerprint density at radius 3 is 1.39 bits per heavy atom. The van der Waals surface area contributed by atoms with Gasteiger partial charge in [0.2, 0.25) is 0 Å². The maximum absolute atomic E-state index is 2.65. The molecule has 1 aliphatic carbocycles. The molecule has 2 heteroatoms. The Labute approximate surface area is 333 Å². The fourth-order valence-corrected chi connectivity index (χ4v) is 17.1. The molecule has 0 atom stereocenters. The summed E-state index contributed by atoms with van der Waals surface area (Å²) in [6.45, 7) is 0. The van der Waals surface area contributed by atoms with Crippen LogP contribution in [0.2, 0.25) is 0 Å². The number of hydrogen-bond acceptors (Lipinski definition) is 1. The molecule has 0 amide bonds. The highest BCUT2D eigenvalue weighted by Crippen LogP contribution is 2.63. The zero-order chi connectivity index (χ0) is 37.3. The van der Waals surface area contributed by atoms with E-state index in [4.69, 9.17) is 0 Å². The van der Waals surface area contributed by atoms with Gasteiger partial charge in [0.1, 0.15) is 0 Å². The van der Waals surface area contributed by atoms with Gasteiger partial charge in [0.15, 0.2) is 8.07 Å². The fraction of sp³-hybridized carbons (Fsp3) is 0.0182. The molecule has 9 aromatic rings. The van der Waals surface area contributed by atoms with Crippen molar-refractivity contribution in [3.63, 3.8) is 0 Å². The van der Waals surface area contributed by atoms with Crippen LogP contribution in [0, 0.1) is 0 Å². The highest BCUT2D eigenvalue weighted by Gasteiger charge is 2.55. The van der Waals surface area contributed by atoms with Crippen LogP contribution >= 0.6 is 0 Å². The standard InChI is InChI=1S/C55H35NSi/c1-2-16-36(17-3-1)37-30-33-48-50(34-37)56(49-26-12-11-25-47(49)55(48)45-23-9-4-18-39(45)40-19-5-10-24-46(40)55)38-31-32-44-43-22-8-15-29-53(43)57(54(44)35-38)51-27-13-6-20-41(51)42-21-7-14-28-52(42)57/h1-35H. The summed E-state index contributed by atoms with van der Waals surface area (Å²) in [5.41, 5.74) is 19.1. The predicted octanol–water partition coefficient (Wildman–Crippen LogP) is 10.8. The van der Waals surface area contributed by atoms with E-state index in [2.05, 4.69) is 217 Å². The first-order valence-electron chi connectivity index (χ1n) is 20.0. The molecule has 4 aliphatic rings. The monoisotopic (exact) mass is 737 g/mol. The first-order valence-corrected chi connectivity index (χ1v) is 22.0. The van der Waals surface area contributed by atoms with E-state index in [9.17, 15) is 0 Å². The van der Waals surface area contributed by atoms with Crippen LogP contribution in [0.3, 0.4) is 0 Å². The van der Waals surface area contributed by atoms with Gasteiger partial charge in [-0.1, -0.05) is 188 Å². The van der Waals surface area contributed by atoms with Gasteiger partial charge in [-0.05, 0) is 112 Å². The van der Waals surface area contributed by atoms with E-state index in [0.29, 0.717) is 0 Å². The molecular formula is C55H35NSi. The maximum atomic E-state index is 2.59. The molecule has 57 heavy (non-hydrogen) atoms. The lowest BCUT2D eigenvalue weighted by Crippen LogP contribution is -2.70. The van der Waals surface area contributed by atoms with Crippen molar-refractivity contribution in [3.05, 3.63) is 235 Å². The minimum absolute atomic E-state index is 0.475. The summed E-state index contributed by atoms with van der Waals surface area (Å²) in [7, 11) is -2.65. The van der Waals surface area contributed by atoms with Crippen molar-refractivity contribution in [3.8, 4) is 44.5 Å². The zero-order valence-corrected chi connectivity index (χ0v) is 32.2. The average molecular weight is 738 g/mol. The molecule has 0 saturated carbocycles. The van der Waals surface area contributed by atoms with Crippen LogP contribution in [0.4, 0.5) is 17.1 Å². The zero-order valence-electron chi connectivity index (χ0n) is 31.2. The Morgan fingerprint density at radius 2 is 0.772 bits per heavy atom. The second-order valence-electron chi connectivity index (χ2n) is 15.9. The third-order valence-electron chi connectivity index (χ3n) is 13.5. The van der Waals surface area contributed by atoms with Crippen LogP contribution in [-0.2, 0) is 5.41 Å². The van der Waals surface area contributed by atoms with Crippen LogP contribution in [0.15, 0.2) is 212 Å². The van der Waals surface area contributed by atoms with Gasteiger partial charge < -0.3 is 4.90 Å². The van der Waals surface area contributed by atoms with Crippen LogP contribution in [0.1, 0.15) is 22.3 Å². The van der Waals surface area contributed by atoms with Gasteiger partial charge in [0, 0.05) is 5.69 Å². The molecule has 3 heterocycles. The molecule has 0 radical (unpaired) electrons. The van der Waals surface area contributed by atoms with E-state index in [1.165, 1.54) is 105 Å². The van der Waals surface area contributed by atoms with Crippen LogP contribution in [0.25, 0.3) is 44.5 Å². The molecule has 0 fully saturated rings. The Morgan fingerprint density at radius 1 is 0.298 bits per heavy atom. The summed E-state index contributed by atoms with van der Waals surface area (Å²) in [5, 5.41) is 5.98. The summed E-state index contributed by atoms with van der Waals surface area (Å²) >= 11 is 0. The molecule has 0 unspecified atom stereocenters. The number of hydrogen-bond donors (Lipinski definition) is 0. The Hall–Kier alpha value is -7.00. The Balaban J connectivity index is 1.13. The number of para-hydroxylation sites is 1. The largest absolute Gasteiger partial charge is 0.310 e. The summed E-state index contributed by atoms with van der Waals surface area (Å²) in [5.74, 6) is 0. The predicted molar refractivity (Wildman–Crippen MR) is 239 cm³/mol. The lowest BCUT2D eigenvalue weighted by molar-refractivity contribution is 0.753. The number of fused-ring (bicyclic) bond motifs is 19. The summed E-state index contributed by atoms with van der Waals surface area (Å²) in [4.78, 5) is 2.59. The van der Waals surface area contributed by atoms with Crippen LogP contribution in [0.5, 0.6) is 0 Å². The minimum atomic E-state index is -2.65. The molecule has 264 valence electrons. The van der Waals surface area contributed by atoms with Gasteiger partial charge >= 0.3 is 0 Å². The van der Waals surface area contributed by atoms with E-state index < -0.39 is 13.5 Å². The van der Waals surface area contributed by atoms with Crippen molar-refractivity contribution >= 4 is 45.9 Å². The van der Waals surface area contributed by atoms with Gasteiger partial charge in [-0.3, -0.25) is 0 Å². The molecule has 13 rings (SSSR count). The second-order valence-corrected chi connectivity index (χ2v) is 19.6. The van der Waals surface area contributed by atoms with Gasteiger partial charge in [0.25, 0.3) is 0 Å². The number of nitrogens with zero attached hydrogens (tertiary/aromatic N) is 1. The molecular weight excluding hydrogens is 703 g/mol. The highest BCUT2D eigenvalue weighted by molar-refractivity contribution is 7.24. The van der Waals surface area contributed by atoms with Gasteiger partial charge in [-0.15, -0.1) is 0 Å². The molecule has 0 aromatic heterocycles. The van der Waals surface area contributed by atoms with Gasteiger partial charge in [-0.2, -0.15) is 0 Å². The third-order valence-corrected chi connectivity index (χ3v) is 18.4. The van der Waals surface area contributed by atoms with Crippen molar-refractivity contribution in [1.29, 1.82) is 0 Å². The van der Waals surface area contributed by atoms with Crippen molar-refractivity contribution in [2.75, 3.05) is 4.90 Å². The lowest BCUT2D eigenvalue weighted by atomic mass is 9.64. The van der Waals surface area contributed by atoms with Crippen molar-refractivity contribution in [2.24, 2.45) is 0 Å².